The summed E-state index contributed by atoms with van der Waals surface area (Å²) in [6, 6.07) is 2.36. The van der Waals surface area contributed by atoms with Crippen molar-refractivity contribution in [1.29, 1.82) is 0 Å². The Morgan fingerprint density at radius 1 is 1.57 bits per heavy atom. The average Bonchev–Trinajstić information content (AvgIpc) is 2.21. The van der Waals surface area contributed by atoms with Crippen molar-refractivity contribution in [2.24, 2.45) is 0 Å². The summed E-state index contributed by atoms with van der Waals surface area (Å²) in [7, 11) is 1.96. The van der Waals surface area contributed by atoms with Crippen LogP contribution in [0, 0.1) is 18.8 Å². The molecular weight excluding hydrogens is 172 g/mol. The van der Waals surface area contributed by atoms with Gasteiger partial charge < -0.3 is 5.32 Å². The van der Waals surface area contributed by atoms with E-state index in [1.807, 2.05) is 32.4 Å². The highest BCUT2D eigenvalue weighted by atomic mass is 14.9. The third-order valence-electron chi connectivity index (χ3n) is 2.27. The van der Waals surface area contributed by atoms with Crippen molar-refractivity contribution in [3.05, 3.63) is 29.6 Å². The first-order valence-corrected chi connectivity index (χ1v) is 4.77. The first-order valence-electron chi connectivity index (χ1n) is 4.77. The SMILES string of the molecule is CC#CCC(NC)c1ccncc1C. The molecule has 2 heteroatoms. The fourth-order valence-electron chi connectivity index (χ4n) is 1.45. The highest BCUT2D eigenvalue weighted by Gasteiger charge is 2.09. The van der Waals surface area contributed by atoms with Crippen molar-refractivity contribution >= 4 is 0 Å². The number of aromatic nitrogens is 1. The molecule has 1 unspecified atom stereocenters. The Balaban J connectivity index is 2.87. The molecule has 0 fully saturated rings. The minimum atomic E-state index is 0.311. The summed E-state index contributed by atoms with van der Waals surface area (Å²) in [6.45, 7) is 3.94. The average molecular weight is 188 g/mol. The maximum Gasteiger partial charge on any atom is 0.0432 e. The first-order chi connectivity index (χ1) is 6.79. The van der Waals surface area contributed by atoms with Gasteiger partial charge in [0, 0.05) is 24.9 Å². The highest BCUT2D eigenvalue weighted by Crippen LogP contribution is 2.18. The van der Waals surface area contributed by atoms with Crippen molar-refractivity contribution in [3.8, 4) is 11.8 Å². The summed E-state index contributed by atoms with van der Waals surface area (Å²) in [5, 5.41) is 3.26. The number of pyridine rings is 1. The molecule has 1 aromatic rings. The van der Waals surface area contributed by atoms with Crippen molar-refractivity contribution in [3.63, 3.8) is 0 Å². The van der Waals surface area contributed by atoms with Crippen LogP contribution in [-0.2, 0) is 0 Å². The second-order valence-corrected chi connectivity index (χ2v) is 3.20. The fraction of sp³-hybridized carbons (Fsp3) is 0.417. The number of aryl methyl sites for hydroxylation is 1. The van der Waals surface area contributed by atoms with Crippen molar-refractivity contribution in [2.75, 3.05) is 7.05 Å². The number of nitrogens with one attached hydrogen (secondary N) is 1. The molecule has 1 aromatic heterocycles. The molecule has 0 aliphatic heterocycles. The van der Waals surface area contributed by atoms with E-state index >= 15 is 0 Å². The Bertz CT molecular complexity index is 347. The third kappa shape index (κ3) is 2.58. The van der Waals surface area contributed by atoms with Gasteiger partial charge in [-0.2, -0.15) is 0 Å². The Labute approximate surface area is 85.8 Å². The number of nitrogens with zero attached hydrogens (tertiary/aromatic N) is 1. The first kappa shape index (κ1) is 10.7. The molecular formula is C12H16N2. The van der Waals surface area contributed by atoms with Crippen LogP contribution in [0.2, 0.25) is 0 Å². The van der Waals surface area contributed by atoms with Gasteiger partial charge in [0.05, 0.1) is 0 Å². The fourth-order valence-corrected chi connectivity index (χ4v) is 1.45. The maximum absolute atomic E-state index is 4.08. The lowest BCUT2D eigenvalue weighted by Gasteiger charge is -2.15. The van der Waals surface area contributed by atoms with E-state index in [1.54, 1.807) is 0 Å². The van der Waals surface area contributed by atoms with E-state index in [-0.39, 0.29) is 0 Å². The summed E-state index contributed by atoms with van der Waals surface area (Å²) < 4.78 is 0. The van der Waals surface area contributed by atoms with Crippen molar-refractivity contribution in [1.82, 2.24) is 10.3 Å². The van der Waals surface area contributed by atoms with E-state index in [1.165, 1.54) is 11.1 Å². The molecule has 14 heavy (non-hydrogen) atoms. The van der Waals surface area contributed by atoms with Crippen molar-refractivity contribution in [2.45, 2.75) is 26.3 Å². The molecule has 0 amide bonds. The molecule has 1 N–H and O–H groups in total. The minimum Gasteiger partial charge on any atom is -0.312 e. The molecule has 1 heterocycles. The molecule has 0 aliphatic rings. The molecule has 1 rings (SSSR count). The van der Waals surface area contributed by atoms with E-state index in [0.717, 1.165) is 6.42 Å². The van der Waals surface area contributed by atoms with Crippen LogP contribution in [-0.4, -0.2) is 12.0 Å². The second-order valence-electron chi connectivity index (χ2n) is 3.20. The van der Waals surface area contributed by atoms with Gasteiger partial charge in [0.1, 0.15) is 0 Å². The van der Waals surface area contributed by atoms with Gasteiger partial charge in [-0.3, -0.25) is 4.98 Å². The molecule has 1 atom stereocenters. The minimum absolute atomic E-state index is 0.311. The Morgan fingerprint density at radius 2 is 2.36 bits per heavy atom. The van der Waals surface area contributed by atoms with Gasteiger partial charge in [-0.05, 0) is 38.1 Å². The number of hydrogen-bond acceptors (Lipinski definition) is 2. The largest absolute Gasteiger partial charge is 0.312 e. The van der Waals surface area contributed by atoms with Gasteiger partial charge in [-0.1, -0.05) is 0 Å². The molecule has 0 bridgehead atoms. The van der Waals surface area contributed by atoms with Crippen LogP contribution in [0.4, 0.5) is 0 Å². The molecule has 0 spiro atoms. The van der Waals surface area contributed by atoms with E-state index in [9.17, 15) is 0 Å². The molecule has 0 saturated carbocycles. The van der Waals surface area contributed by atoms with Crippen LogP contribution < -0.4 is 5.32 Å². The molecule has 74 valence electrons. The van der Waals surface area contributed by atoms with Crippen LogP contribution in [0.3, 0.4) is 0 Å². The zero-order chi connectivity index (χ0) is 10.4. The highest BCUT2D eigenvalue weighted by molar-refractivity contribution is 5.26. The predicted octanol–water partition coefficient (Wildman–Crippen LogP) is 2.06. The van der Waals surface area contributed by atoms with Crippen LogP contribution in [0.15, 0.2) is 18.5 Å². The lowest BCUT2D eigenvalue weighted by molar-refractivity contribution is 0.607. The Morgan fingerprint density at radius 3 is 2.93 bits per heavy atom. The molecule has 0 aliphatic carbocycles. The predicted molar refractivity (Wildman–Crippen MR) is 58.8 cm³/mol. The maximum atomic E-state index is 4.08. The third-order valence-corrected chi connectivity index (χ3v) is 2.27. The van der Waals surface area contributed by atoms with Crippen LogP contribution in [0.1, 0.15) is 30.5 Å². The van der Waals surface area contributed by atoms with Gasteiger partial charge >= 0.3 is 0 Å². The molecule has 0 radical (unpaired) electrons. The van der Waals surface area contributed by atoms with Gasteiger partial charge in [0.25, 0.3) is 0 Å². The molecule has 0 aromatic carbocycles. The quantitative estimate of drug-likeness (QED) is 0.734. The molecule has 2 nitrogen and oxygen atoms in total. The topological polar surface area (TPSA) is 24.9 Å². The van der Waals surface area contributed by atoms with E-state index < -0.39 is 0 Å². The monoisotopic (exact) mass is 188 g/mol. The van der Waals surface area contributed by atoms with Crippen LogP contribution in [0.25, 0.3) is 0 Å². The summed E-state index contributed by atoms with van der Waals surface area (Å²) in [5.74, 6) is 6.01. The second kappa shape index (κ2) is 5.41. The summed E-state index contributed by atoms with van der Waals surface area (Å²) >= 11 is 0. The molecule has 0 saturated heterocycles. The van der Waals surface area contributed by atoms with Crippen LogP contribution in [0.5, 0.6) is 0 Å². The standard InChI is InChI=1S/C12H16N2/c1-4-5-6-12(13-3)11-7-8-14-9-10(11)2/h7-9,12-13H,6H2,1-3H3. The van der Waals surface area contributed by atoms with Crippen LogP contribution >= 0.6 is 0 Å². The zero-order valence-corrected chi connectivity index (χ0v) is 8.96. The van der Waals surface area contributed by atoms with Gasteiger partial charge in [-0.25, -0.2) is 0 Å². The van der Waals surface area contributed by atoms with Gasteiger partial charge in [0.2, 0.25) is 0 Å². The lowest BCUT2D eigenvalue weighted by Crippen LogP contribution is -2.16. The lowest BCUT2D eigenvalue weighted by atomic mass is 10.0. The van der Waals surface area contributed by atoms with E-state index in [2.05, 4.69) is 29.1 Å². The van der Waals surface area contributed by atoms with Gasteiger partial charge in [-0.15, -0.1) is 11.8 Å². The smallest absolute Gasteiger partial charge is 0.0432 e. The van der Waals surface area contributed by atoms with Gasteiger partial charge in [0.15, 0.2) is 0 Å². The number of rotatable bonds is 3. The van der Waals surface area contributed by atoms with E-state index in [4.69, 9.17) is 0 Å². The van der Waals surface area contributed by atoms with E-state index in [0.29, 0.717) is 6.04 Å². The summed E-state index contributed by atoms with van der Waals surface area (Å²) in [4.78, 5) is 4.08. The summed E-state index contributed by atoms with van der Waals surface area (Å²) in [5.41, 5.74) is 2.50. The Kier molecular flexibility index (Phi) is 4.15. The van der Waals surface area contributed by atoms with Crippen molar-refractivity contribution < 1.29 is 0 Å². The normalized spacial score (nSPS) is 11.6. The number of hydrogen-bond donors (Lipinski definition) is 1. The zero-order valence-electron chi connectivity index (χ0n) is 8.96. The summed E-state index contributed by atoms with van der Waals surface area (Å²) in [6.07, 6.45) is 4.56. The Hall–Kier alpha value is -1.33.